The zero-order valence-electron chi connectivity index (χ0n) is 9.86. The van der Waals surface area contributed by atoms with Crippen LogP contribution in [-0.2, 0) is 0 Å². The quantitative estimate of drug-likeness (QED) is 0.465. The van der Waals surface area contributed by atoms with E-state index < -0.39 is 0 Å². The van der Waals surface area contributed by atoms with Gasteiger partial charge in [-0.05, 0) is 18.3 Å². The number of unbranched alkanes of at least 4 members (excludes halogenated alkanes) is 4. The van der Waals surface area contributed by atoms with E-state index in [2.05, 4.69) is 27.7 Å². The fourth-order valence-corrected chi connectivity index (χ4v) is 1.94. The molecule has 0 aromatic carbocycles. The maximum atomic E-state index is 3.86. The highest BCUT2D eigenvalue weighted by Gasteiger charge is 2.15. The van der Waals surface area contributed by atoms with Crippen molar-refractivity contribution in [2.24, 2.45) is 5.41 Å². The van der Waals surface area contributed by atoms with Crippen LogP contribution >= 0.6 is 0 Å². The number of rotatable bonds is 8. The maximum absolute atomic E-state index is 3.86. The van der Waals surface area contributed by atoms with E-state index in [0.717, 1.165) is 6.42 Å². The molecule has 0 N–H and O–H groups in total. The summed E-state index contributed by atoms with van der Waals surface area (Å²) in [7, 11) is 0. The summed E-state index contributed by atoms with van der Waals surface area (Å²) in [5.74, 6) is 0. The van der Waals surface area contributed by atoms with E-state index in [0.29, 0.717) is 5.41 Å². The summed E-state index contributed by atoms with van der Waals surface area (Å²) in [5.41, 5.74) is 0.583. The molecule has 0 saturated heterocycles. The molecular weight excluding hydrogens is 156 g/mol. The molecule has 0 aliphatic heterocycles. The van der Waals surface area contributed by atoms with Crippen LogP contribution in [0.1, 0.15) is 72.1 Å². The van der Waals surface area contributed by atoms with Crippen LogP contribution in [-0.4, -0.2) is 0 Å². The maximum Gasteiger partial charge on any atom is -0.0354 e. The number of hydrogen-bond donors (Lipinski definition) is 0. The molecule has 0 heteroatoms. The Morgan fingerprint density at radius 3 is 2.08 bits per heavy atom. The predicted octanol–water partition coefficient (Wildman–Crippen LogP) is 4.99. The summed E-state index contributed by atoms with van der Waals surface area (Å²) < 4.78 is 0. The van der Waals surface area contributed by atoms with E-state index in [1.165, 1.54) is 44.9 Å². The summed E-state index contributed by atoms with van der Waals surface area (Å²) in [4.78, 5) is 0. The molecule has 0 saturated carbocycles. The van der Waals surface area contributed by atoms with Gasteiger partial charge in [-0.15, -0.1) is 0 Å². The molecule has 0 fully saturated rings. The Morgan fingerprint density at radius 2 is 1.54 bits per heavy atom. The van der Waals surface area contributed by atoms with E-state index in [4.69, 9.17) is 0 Å². The average molecular weight is 183 g/mol. The first-order valence-corrected chi connectivity index (χ1v) is 5.91. The van der Waals surface area contributed by atoms with Gasteiger partial charge < -0.3 is 0 Å². The second-order valence-corrected chi connectivity index (χ2v) is 4.93. The van der Waals surface area contributed by atoms with Crippen LogP contribution in [0.5, 0.6) is 0 Å². The van der Waals surface area contributed by atoms with Crippen LogP contribution < -0.4 is 0 Å². The predicted molar refractivity (Wildman–Crippen MR) is 61.7 cm³/mol. The minimum Gasteiger partial charge on any atom is -0.0654 e. The van der Waals surface area contributed by atoms with Crippen molar-refractivity contribution in [3.63, 3.8) is 0 Å². The molecule has 0 rings (SSSR count). The first-order chi connectivity index (χ1) is 6.12. The third-order valence-corrected chi connectivity index (χ3v) is 2.78. The Bertz CT molecular complexity index is 103. The summed E-state index contributed by atoms with van der Waals surface area (Å²) in [6.07, 6.45) is 10.7. The minimum absolute atomic E-state index is 0.583. The van der Waals surface area contributed by atoms with Crippen LogP contribution in [0.15, 0.2) is 0 Å². The molecule has 0 spiro atoms. The minimum atomic E-state index is 0.583. The standard InChI is InChI=1S/C13H27/c1-5-7-8-9-10-12-13(3,4)11-6-2/h1,5-12H2,2-4H3. The highest BCUT2D eigenvalue weighted by molar-refractivity contribution is 4.67. The van der Waals surface area contributed by atoms with Crippen molar-refractivity contribution in [1.82, 2.24) is 0 Å². The SMILES string of the molecule is [CH2]CCCCCCC(C)(C)CCC. The van der Waals surface area contributed by atoms with Crippen molar-refractivity contribution in [1.29, 1.82) is 0 Å². The van der Waals surface area contributed by atoms with Crippen LogP contribution in [0.2, 0.25) is 0 Å². The van der Waals surface area contributed by atoms with Gasteiger partial charge in [0.05, 0.1) is 0 Å². The van der Waals surface area contributed by atoms with Gasteiger partial charge >= 0.3 is 0 Å². The topological polar surface area (TPSA) is 0 Å². The molecule has 0 nitrogen and oxygen atoms in total. The normalized spacial score (nSPS) is 12.0. The summed E-state index contributed by atoms with van der Waals surface area (Å²) in [6, 6.07) is 0. The van der Waals surface area contributed by atoms with E-state index in [1.54, 1.807) is 0 Å². The molecule has 13 heavy (non-hydrogen) atoms. The van der Waals surface area contributed by atoms with E-state index in [-0.39, 0.29) is 0 Å². The third kappa shape index (κ3) is 8.33. The Morgan fingerprint density at radius 1 is 0.923 bits per heavy atom. The average Bonchev–Trinajstić information content (AvgIpc) is 2.04. The lowest BCUT2D eigenvalue weighted by Gasteiger charge is -2.23. The first kappa shape index (κ1) is 13.0. The van der Waals surface area contributed by atoms with Gasteiger partial charge in [-0.1, -0.05) is 66.2 Å². The zero-order valence-corrected chi connectivity index (χ0v) is 9.86. The monoisotopic (exact) mass is 183 g/mol. The lowest BCUT2D eigenvalue weighted by Crippen LogP contribution is -2.10. The van der Waals surface area contributed by atoms with Crippen LogP contribution in [0.25, 0.3) is 0 Å². The molecule has 0 aromatic heterocycles. The Hall–Kier alpha value is 0. The van der Waals surface area contributed by atoms with Crippen molar-refractivity contribution >= 4 is 0 Å². The molecule has 0 aromatic rings. The van der Waals surface area contributed by atoms with Gasteiger partial charge in [-0.3, -0.25) is 0 Å². The lowest BCUT2D eigenvalue weighted by atomic mass is 9.83. The van der Waals surface area contributed by atoms with Crippen LogP contribution in [0.3, 0.4) is 0 Å². The van der Waals surface area contributed by atoms with Gasteiger partial charge in [0.25, 0.3) is 0 Å². The second-order valence-electron chi connectivity index (χ2n) is 4.93. The highest BCUT2D eigenvalue weighted by Crippen LogP contribution is 2.29. The zero-order chi connectivity index (χ0) is 10.2. The third-order valence-electron chi connectivity index (χ3n) is 2.78. The van der Waals surface area contributed by atoms with Crippen LogP contribution in [0, 0.1) is 12.3 Å². The van der Waals surface area contributed by atoms with Crippen LogP contribution in [0.4, 0.5) is 0 Å². The van der Waals surface area contributed by atoms with Gasteiger partial charge in [0.1, 0.15) is 0 Å². The fraction of sp³-hybridized carbons (Fsp3) is 0.923. The molecule has 0 aliphatic carbocycles. The summed E-state index contributed by atoms with van der Waals surface area (Å²) in [6.45, 7) is 10.9. The van der Waals surface area contributed by atoms with Gasteiger partial charge in [0.2, 0.25) is 0 Å². The van der Waals surface area contributed by atoms with Crippen molar-refractivity contribution in [3.8, 4) is 0 Å². The molecule has 0 aliphatic rings. The molecule has 0 bridgehead atoms. The Labute approximate surface area is 85.1 Å². The van der Waals surface area contributed by atoms with E-state index in [1.807, 2.05) is 0 Å². The van der Waals surface area contributed by atoms with E-state index >= 15 is 0 Å². The smallest absolute Gasteiger partial charge is 0.0354 e. The molecule has 1 radical (unpaired) electrons. The molecule has 0 atom stereocenters. The van der Waals surface area contributed by atoms with Crippen molar-refractivity contribution in [2.75, 3.05) is 0 Å². The highest BCUT2D eigenvalue weighted by atomic mass is 14.2. The van der Waals surface area contributed by atoms with Gasteiger partial charge in [-0.25, -0.2) is 0 Å². The molecular formula is C13H27. The van der Waals surface area contributed by atoms with Gasteiger partial charge in [0, 0.05) is 0 Å². The van der Waals surface area contributed by atoms with Crippen molar-refractivity contribution < 1.29 is 0 Å². The molecule has 0 unspecified atom stereocenters. The van der Waals surface area contributed by atoms with Gasteiger partial charge in [-0.2, -0.15) is 0 Å². The summed E-state index contributed by atoms with van der Waals surface area (Å²) in [5, 5.41) is 0. The summed E-state index contributed by atoms with van der Waals surface area (Å²) >= 11 is 0. The fourth-order valence-electron chi connectivity index (χ4n) is 1.94. The molecule has 0 heterocycles. The van der Waals surface area contributed by atoms with Gasteiger partial charge in [0.15, 0.2) is 0 Å². The Balaban J connectivity index is 3.29. The molecule has 0 amide bonds. The van der Waals surface area contributed by atoms with E-state index in [9.17, 15) is 0 Å². The van der Waals surface area contributed by atoms with Crippen molar-refractivity contribution in [3.05, 3.63) is 6.92 Å². The largest absolute Gasteiger partial charge is 0.0654 e. The van der Waals surface area contributed by atoms with Crippen molar-refractivity contribution in [2.45, 2.75) is 72.1 Å². The molecule has 79 valence electrons. The Kier molecular flexibility index (Phi) is 7.41. The number of hydrogen-bond acceptors (Lipinski definition) is 0. The second kappa shape index (κ2) is 7.41. The first-order valence-electron chi connectivity index (χ1n) is 5.91. The lowest BCUT2D eigenvalue weighted by molar-refractivity contribution is 0.291.